The second kappa shape index (κ2) is 6.50. The van der Waals surface area contributed by atoms with Gasteiger partial charge in [0.2, 0.25) is 0 Å². The highest BCUT2D eigenvalue weighted by atomic mass is 35.5. The fourth-order valence-corrected chi connectivity index (χ4v) is 2.88. The molecule has 1 aliphatic heterocycles. The molecule has 0 amide bonds. The first-order valence-electron chi connectivity index (χ1n) is 6.51. The molecule has 2 N–H and O–H groups in total. The number of aromatic nitrogens is 1. The van der Waals surface area contributed by atoms with Crippen LogP contribution in [0.5, 0.6) is 0 Å². The zero-order valence-corrected chi connectivity index (χ0v) is 12.6. The van der Waals surface area contributed by atoms with Gasteiger partial charge in [-0.1, -0.05) is 30.7 Å². The van der Waals surface area contributed by atoms with E-state index in [4.69, 9.17) is 29.6 Å². The zero-order chi connectivity index (χ0) is 13.8. The Morgan fingerprint density at radius 3 is 2.58 bits per heavy atom. The first kappa shape index (κ1) is 14.5. The monoisotopic (exact) mass is 298 g/mol. The molecule has 1 unspecified atom stereocenters. The Kier molecular flexibility index (Phi) is 4.96. The van der Waals surface area contributed by atoms with Gasteiger partial charge in [-0.25, -0.2) is 4.98 Å². The lowest BCUT2D eigenvalue weighted by molar-refractivity contribution is 0.224. The minimum Gasteiger partial charge on any atom is -0.392 e. The minimum absolute atomic E-state index is 0.218. The third-order valence-electron chi connectivity index (χ3n) is 3.51. The molecule has 1 saturated heterocycles. The lowest BCUT2D eigenvalue weighted by Gasteiger charge is -2.39. The van der Waals surface area contributed by atoms with Crippen molar-refractivity contribution in [3.05, 3.63) is 23.4 Å². The Balaban J connectivity index is 1.95. The molecule has 1 aromatic heterocycles. The van der Waals surface area contributed by atoms with E-state index in [0.29, 0.717) is 10.0 Å². The minimum atomic E-state index is 0.218. The van der Waals surface area contributed by atoms with E-state index in [1.165, 1.54) is 0 Å². The molecule has 0 bridgehead atoms. The van der Waals surface area contributed by atoms with Crippen molar-refractivity contribution in [2.45, 2.75) is 19.4 Å². The van der Waals surface area contributed by atoms with Crippen LogP contribution in [0.2, 0.25) is 5.02 Å². The summed E-state index contributed by atoms with van der Waals surface area (Å²) in [5.74, 6) is 0.979. The molecule has 0 saturated carbocycles. The van der Waals surface area contributed by atoms with Crippen LogP contribution in [0.4, 0.5) is 5.82 Å². The van der Waals surface area contributed by atoms with Crippen molar-refractivity contribution in [2.24, 2.45) is 5.73 Å². The van der Waals surface area contributed by atoms with Crippen LogP contribution < -0.4 is 10.6 Å². The third kappa shape index (κ3) is 3.55. The van der Waals surface area contributed by atoms with E-state index in [0.717, 1.165) is 38.4 Å². The van der Waals surface area contributed by atoms with Gasteiger partial charge >= 0.3 is 0 Å². The van der Waals surface area contributed by atoms with E-state index in [2.05, 4.69) is 21.7 Å². The molecular weight excluding hydrogens is 280 g/mol. The molecule has 1 atom stereocenters. The average molecular weight is 299 g/mol. The van der Waals surface area contributed by atoms with Crippen molar-refractivity contribution in [3.63, 3.8) is 0 Å². The molecular formula is C13H19ClN4S. The maximum absolute atomic E-state index is 5.85. The summed E-state index contributed by atoms with van der Waals surface area (Å²) >= 11 is 11.0. The number of rotatable bonds is 4. The number of halogens is 1. The Morgan fingerprint density at radius 1 is 1.42 bits per heavy atom. The number of hydrogen-bond donors (Lipinski definition) is 1. The van der Waals surface area contributed by atoms with E-state index in [9.17, 15) is 0 Å². The average Bonchev–Trinajstić information content (AvgIpc) is 2.41. The highest BCUT2D eigenvalue weighted by Crippen LogP contribution is 2.17. The summed E-state index contributed by atoms with van der Waals surface area (Å²) in [6.45, 7) is 5.92. The highest BCUT2D eigenvalue weighted by molar-refractivity contribution is 7.80. The van der Waals surface area contributed by atoms with Crippen LogP contribution in [-0.2, 0) is 0 Å². The van der Waals surface area contributed by atoms with Gasteiger partial charge in [0.1, 0.15) is 5.82 Å². The summed E-state index contributed by atoms with van der Waals surface area (Å²) in [5.41, 5.74) is 5.79. The molecule has 19 heavy (non-hydrogen) atoms. The number of anilines is 1. The van der Waals surface area contributed by atoms with Gasteiger partial charge in [0.25, 0.3) is 0 Å². The molecule has 0 radical (unpaired) electrons. The predicted octanol–water partition coefficient (Wildman–Crippen LogP) is 1.92. The Labute approximate surface area is 124 Å². The first-order valence-corrected chi connectivity index (χ1v) is 7.30. The fraction of sp³-hybridized carbons (Fsp3) is 0.538. The molecule has 1 aromatic rings. The summed E-state index contributed by atoms with van der Waals surface area (Å²) < 4.78 is 0. The Hall–Kier alpha value is -0.910. The molecule has 1 aliphatic rings. The summed E-state index contributed by atoms with van der Waals surface area (Å²) in [7, 11) is 0. The van der Waals surface area contributed by atoms with Crippen LogP contribution >= 0.6 is 23.8 Å². The van der Waals surface area contributed by atoms with Gasteiger partial charge in [0.05, 0.1) is 16.1 Å². The van der Waals surface area contributed by atoms with Crippen molar-refractivity contribution < 1.29 is 0 Å². The number of thiocarbonyl (C=S) groups is 1. The number of pyridine rings is 1. The van der Waals surface area contributed by atoms with Crippen LogP contribution in [0.1, 0.15) is 13.3 Å². The van der Waals surface area contributed by atoms with Crippen LogP contribution in [0.15, 0.2) is 18.3 Å². The first-order chi connectivity index (χ1) is 9.11. The lowest BCUT2D eigenvalue weighted by Crippen LogP contribution is -2.53. The summed E-state index contributed by atoms with van der Waals surface area (Å²) in [5, 5.41) is 0.668. The van der Waals surface area contributed by atoms with Crippen LogP contribution in [0.3, 0.4) is 0 Å². The quantitative estimate of drug-likeness (QED) is 0.861. The van der Waals surface area contributed by atoms with Crippen molar-refractivity contribution in [1.29, 1.82) is 0 Å². The lowest BCUT2D eigenvalue weighted by atomic mass is 10.1. The fourth-order valence-electron chi connectivity index (χ4n) is 2.46. The van der Waals surface area contributed by atoms with Gasteiger partial charge in [-0.2, -0.15) is 0 Å². The molecule has 0 aromatic carbocycles. The molecule has 1 fully saturated rings. The standard InChI is InChI=1S/C13H19ClN4S/c1-2-11(13(15)19)17-5-7-18(8-6-17)12-4-3-10(14)9-16-12/h3-4,9,11H,2,5-8H2,1H3,(H2,15,19). The smallest absolute Gasteiger partial charge is 0.128 e. The van der Waals surface area contributed by atoms with Crippen molar-refractivity contribution >= 4 is 34.6 Å². The summed E-state index contributed by atoms with van der Waals surface area (Å²) in [6.07, 6.45) is 2.65. The van der Waals surface area contributed by atoms with Gasteiger partial charge < -0.3 is 10.6 Å². The summed E-state index contributed by atoms with van der Waals surface area (Å²) in [6, 6.07) is 4.05. The number of nitrogens with zero attached hydrogens (tertiary/aromatic N) is 3. The Bertz CT molecular complexity index is 429. The highest BCUT2D eigenvalue weighted by Gasteiger charge is 2.24. The van der Waals surface area contributed by atoms with Gasteiger partial charge in [-0.05, 0) is 18.6 Å². The van der Waals surface area contributed by atoms with Crippen LogP contribution in [-0.4, -0.2) is 47.1 Å². The topological polar surface area (TPSA) is 45.4 Å². The van der Waals surface area contributed by atoms with Crippen molar-refractivity contribution in [1.82, 2.24) is 9.88 Å². The molecule has 0 aliphatic carbocycles. The molecule has 0 spiro atoms. The molecule has 4 nitrogen and oxygen atoms in total. The second-order valence-corrected chi connectivity index (χ2v) is 5.59. The molecule has 6 heteroatoms. The zero-order valence-electron chi connectivity index (χ0n) is 11.1. The van der Waals surface area contributed by atoms with E-state index in [1.807, 2.05) is 12.1 Å². The molecule has 2 heterocycles. The van der Waals surface area contributed by atoms with E-state index >= 15 is 0 Å². The summed E-state index contributed by atoms with van der Waals surface area (Å²) in [4.78, 5) is 9.57. The Morgan fingerprint density at radius 2 is 2.11 bits per heavy atom. The van der Waals surface area contributed by atoms with Crippen LogP contribution in [0, 0.1) is 0 Å². The van der Waals surface area contributed by atoms with E-state index in [1.54, 1.807) is 6.20 Å². The van der Waals surface area contributed by atoms with E-state index in [-0.39, 0.29) is 6.04 Å². The maximum atomic E-state index is 5.85. The van der Waals surface area contributed by atoms with Crippen molar-refractivity contribution in [3.8, 4) is 0 Å². The maximum Gasteiger partial charge on any atom is 0.128 e. The second-order valence-electron chi connectivity index (χ2n) is 4.68. The van der Waals surface area contributed by atoms with Crippen molar-refractivity contribution in [2.75, 3.05) is 31.1 Å². The third-order valence-corrected chi connectivity index (χ3v) is 4.00. The largest absolute Gasteiger partial charge is 0.392 e. The SMILES string of the molecule is CCC(C(N)=S)N1CCN(c2ccc(Cl)cn2)CC1. The number of hydrogen-bond acceptors (Lipinski definition) is 4. The number of piperazine rings is 1. The van der Waals surface area contributed by atoms with Crippen LogP contribution in [0.25, 0.3) is 0 Å². The predicted molar refractivity (Wildman–Crippen MR) is 83.9 cm³/mol. The number of nitrogens with two attached hydrogens (primary N) is 1. The normalized spacial score (nSPS) is 18.3. The van der Waals surface area contributed by atoms with Gasteiger partial charge in [0.15, 0.2) is 0 Å². The van der Waals surface area contributed by atoms with Gasteiger partial charge in [0, 0.05) is 32.4 Å². The van der Waals surface area contributed by atoms with Gasteiger partial charge in [-0.3, -0.25) is 4.90 Å². The molecule has 104 valence electrons. The van der Waals surface area contributed by atoms with E-state index < -0.39 is 0 Å². The van der Waals surface area contributed by atoms with Gasteiger partial charge in [-0.15, -0.1) is 0 Å². The molecule has 2 rings (SSSR count).